The lowest BCUT2D eigenvalue weighted by Gasteiger charge is -2.10. The third kappa shape index (κ3) is 4.93. The molecule has 21 heavy (non-hydrogen) atoms. The molecule has 1 aromatic carbocycles. The van der Waals surface area contributed by atoms with Crippen LogP contribution in [0.15, 0.2) is 41.8 Å². The Morgan fingerprint density at radius 1 is 1.29 bits per heavy atom. The highest BCUT2D eigenvalue weighted by molar-refractivity contribution is 7.80. The number of hydrogen-bond acceptors (Lipinski definition) is 4. The zero-order valence-corrected chi connectivity index (χ0v) is 13.0. The average Bonchev–Trinajstić information content (AvgIpc) is 2.97. The van der Waals surface area contributed by atoms with Gasteiger partial charge < -0.3 is 15.8 Å². The van der Waals surface area contributed by atoms with Gasteiger partial charge in [-0.1, -0.05) is 30.4 Å². The molecule has 0 unspecified atom stereocenters. The maximum absolute atomic E-state index is 11.9. The molecular weight excluding hydrogens is 304 g/mol. The molecule has 0 radical (unpaired) electrons. The minimum Gasteiger partial charge on any atom is -0.389 e. The maximum Gasteiger partial charge on any atom is 0.226 e. The molecule has 4 nitrogen and oxygen atoms in total. The van der Waals surface area contributed by atoms with Crippen LogP contribution in [0.4, 0.5) is 5.69 Å². The number of carbonyl (C=O) groups excluding carboxylic acids is 1. The minimum atomic E-state index is -0.120. The number of thiophene rings is 1. The van der Waals surface area contributed by atoms with E-state index in [0.29, 0.717) is 24.5 Å². The Labute approximate surface area is 132 Å². The summed E-state index contributed by atoms with van der Waals surface area (Å²) >= 11 is 6.59. The van der Waals surface area contributed by atoms with Crippen LogP contribution in [0.1, 0.15) is 16.9 Å². The lowest BCUT2D eigenvalue weighted by atomic mass is 10.1. The summed E-state index contributed by atoms with van der Waals surface area (Å²) in [5, 5.41) is 4.80. The second kappa shape index (κ2) is 7.87. The van der Waals surface area contributed by atoms with Crippen molar-refractivity contribution in [1.29, 1.82) is 0 Å². The van der Waals surface area contributed by atoms with E-state index in [-0.39, 0.29) is 17.3 Å². The van der Waals surface area contributed by atoms with Crippen LogP contribution in [0.5, 0.6) is 0 Å². The smallest absolute Gasteiger partial charge is 0.226 e. The fourth-order valence-electron chi connectivity index (χ4n) is 1.75. The zero-order valence-electron chi connectivity index (χ0n) is 11.4. The SMILES string of the molecule is NC(=S)c1ccccc1NC(=O)CCOCc1cccs1. The lowest BCUT2D eigenvalue weighted by Crippen LogP contribution is -2.18. The molecule has 0 spiro atoms. The summed E-state index contributed by atoms with van der Waals surface area (Å²) in [6.45, 7) is 0.910. The van der Waals surface area contributed by atoms with Crippen molar-refractivity contribution in [2.24, 2.45) is 5.73 Å². The van der Waals surface area contributed by atoms with Crippen LogP contribution in [-0.4, -0.2) is 17.5 Å². The fraction of sp³-hybridized carbons (Fsp3) is 0.200. The van der Waals surface area contributed by atoms with Crippen molar-refractivity contribution in [3.63, 3.8) is 0 Å². The number of ether oxygens (including phenoxy) is 1. The summed E-state index contributed by atoms with van der Waals surface area (Å²) in [7, 11) is 0. The summed E-state index contributed by atoms with van der Waals surface area (Å²) in [4.78, 5) is 13.3. The molecule has 110 valence electrons. The summed E-state index contributed by atoms with van der Waals surface area (Å²) in [6, 6.07) is 11.2. The number of anilines is 1. The van der Waals surface area contributed by atoms with E-state index in [9.17, 15) is 4.79 Å². The second-order valence-corrected chi connectivity index (χ2v) is 5.81. The van der Waals surface area contributed by atoms with E-state index >= 15 is 0 Å². The normalized spacial score (nSPS) is 10.3. The summed E-state index contributed by atoms with van der Waals surface area (Å²) < 4.78 is 5.46. The van der Waals surface area contributed by atoms with Crippen molar-refractivity contribution in [2.75, 3.05) is 11.9 Å². The van der Waals surface area contributed by atoms with E-state index in [1.807, 2.05) is 29.6 Å². The molecule has 1 aromatic heterocycles. The molecule has 0 aliphatic rings. The number of amides is 1. The van der Waals surface area contributed by atoms with Gasteiger partial charge in [-0.3, -0.25) is 4.79 Å². The van der Waals surface area contributed by atoms with Crippen LogP contribution in [0.25, 0.3) is 0 Å². The van der Waals surface area contributed by atoms with Crippen molar-refractivity contribution in [3.8, 4) is 0 Å². The Morgan fingerprint density at radius 2 is 2.10 bits per heavy atom. The monoisotopic (exact) mass is 320 g/mol. The molecule has 1 heterocycles. The molecule has 0 aliphatic carbocycles. The zero-order chi connectivity index (χ0) is 15.1. The van der Waals surface area contributed by atoms with E-state index in [4.69, 9.17) is 22.7 Å². The lowest BCUT2D eigenvalue weighted by molar-refractivity contribution is -0.117. The highest BCUT2D eigenvalue weighted by Crippen LogP contribution is 2.15. The van der Waals surface area contributed by atoms with Crippen molar-refractivity contribution in [1.82, 2.24) is 0 Å². The highest BCUT2D eigenvalue weighted by atomic mass is 32.1. The van der Waals surface area contributed by atoms with Crippen LogP contribution in [-0.2, 0) is 16.1 Å². The van der Waals surface area contributed by atoms with Crippen LogP contribution < -0.4 is 11.1 Å². The highest BCUT2D eigenvalue weighted by Gasteiger charge is 2.08. The van der Waals surface area contributed by atoms with Gasteiger partial charge in [-0.05, 0) is 23.6 Å². The molecule has 0 saturated carbocycles. The van der Waals surface area contributed by atoms with Gasteiger partial charge in [0.15, 0.2) is 0 Å². The average molecular weight is 320 g/mol. The Kier molecular flexibility index (Phi) is 5.86. The minimum absolute atomic E-state index is 0.120. The third-order valence-electron chi connectivity index (χ3n) is 2.76. The van der Waals surface area contributed by atoms with Crippen LogP contribution in [0.2, 0.25) is 0 Å². The first-order valence-corrected chi connectivity index (χ1v) is 7.74. The molecule has 6 heteroatoms. The number of nitrogens with one attached hydrogen (secondary N) is 1. The van der Waals surface area contributed by atoms with E-state index in [2.05, 4.69) is 5.32 Å². The first kappa shape index (κ1) is 15.6. The first-order chi connectivity index (χ1) is 10.2. The Hall–Kier alpha value is -1.76. The van der Waals surface area contributed by atoms with Crippen LogP contribution in [0.3, 0.4) is 0 Å². The molecule has 0 fully saturated rings. The van der Waals surface area contributed by atoms with E-state index < -0.39 is 0 Å². The van der Waals surface area contributed by atoms with Gasteiger partial charge in [0, 0.05) is 10.4 Å². The third-order valence-corrected chi connectivity index (χ3v) is 3.83. The van der Waals surface area contributed by atoms with Gasteiger partial charge in [-0.2, -0.15) is 0 Å². The predicted octanol–water partition coefficient (Wildman–Crippen LogP) is 2.93. The number of hydrogen-bond donors (Lipinski definition) is 2. The molecule has 0 saturated heterocycles. The van der Waals surface area contributed by atoms with E-state index in [0.717, 1.165) is 4.88 Å². The first-order valence-electron chi connectivity index (χ1n) is 6.45. The number of nitrogens with two attached hydrogens (primary N) is 1. The number of benzene rings is 1. The molecule has 1 amide bonds. The van der Waals surface area contributed by atoms with Gasteiger partial charge in [0.1, 0.15) is 4.99 Å². The number of thiocarbonyl (C=S) groups is 1. The maximum atomic E-state index is 11.9. The van der Waals surface area contributed by atoms with Gasteiger partial charge in [-0.15, -0.1) is 11.3 Å². The Balaban J connectivity index is 1.78. The van der Waals surface area contributed by atoms with Gasteiger partial charge in [-0.25, -0.2) is 0 Å². The topological polar surface area (TPSA) is 64.3 Å². The van der Waals surface area contributed by atoms with Gasteiger partial charge in [0.25, 0.3) is 0 Å². The fourth-order valence-corrected chi connectivity index (χ4v) is 2.57. The molecule has 0 bridgehead atoms. The van der Waals surface area contributed by atoms with E-state index in [1.165, 1.54) is 0 Å². The van der Waals surface area contributed by atoms with Gasteiger partial charge in [0.05, 0.1) is 25.3 Å². The second-order valence-electron chi connectivity index (χ2n) is 4.34. The van der Waals surface area contributed by atoms with Crippen molar-refractivity contribution >= 4 is 40.1 Å². The molecule has 0 aliphatic heterocycles. The molecular formula is C15H16N2O2S2. The van der Waals surface area contributed by atoms with Gasteiger partial charge >= 0.3 is 0 Å². The Bertz CT molecular complexity index is 612. The largest absolute Gasteiger partial charge is 0.389 e. The van der Waals surface area contributed by atoms with Crippen molar-refractivity contribution < 1.29 is 9.53 Å². The number of carbonyl (C=O) groups is 1. The number of rotatable bonds is 7. The summed E-state index contributed by atoms with van der Waals surface area (Å²) in [5.41, 5.74) is 6.92. The summed E-state index contributed by atoms with van der Waals surface area (Å²) in [5.74, 6) is -0.120. The molecule has 2 rings (SSSR count). The molecule has 2 aromatic rings. The predicted molar refractivity (Wildman–Crippen MR) is 89.6 cm³/mol. The van der Waals surface area contributed by atoms with Gasteiger partial charge in [0.2, 0.25) is 5.91 Å². The van der Waals surface area contributed by atoms with E-state index in [1.54, 1.807) is 23.5 Å². The van der Waals surface area contributed by atoms with Crippen LogP contribution >= 0.6 is 23.6 Å². The van der Waals surface area contributed by atoms with Crippen LogP contribution in [0, 0.1) is 0 Å². The molecule has 3 N–H and O–H groups in total. The summed E-state index contributed by atoms with van der Waals surface area (Å²) in [6.07, 6.45) is 0.289. The standard InChI is InChI=1S/C15H16N2O2S2/c16-15(20)12-5-1-2-6-13(12)17-14(18)7-8-19-10-11-4-3-9-21-11/h1-6,9H,7-8,10H2,(H2,16,20)(H,17,18). The Morgan fingerprint density at radius 3 is 2.81 bits per heavy atom. The van der Waals surface area contributed by atoms with Crippen molar-refractivity contribution in [3.05, 3.63) is 52.2 Å². The van der Waals surface area contributed by atoms with Crippen molar-refractivity contribution in [2.45, 2.75) is 13.0 Å². The molecule has 0 atom stereocenters. The quantitative estimate of drug-likeness (QED) is 0.608. The number of para-hydroxylation sites is 1.